The zero-order valence-electron chi connectivity index (χ0n) is 8.88. The zero-order valence-corrected chi connectivity index (χ0v) is 8.88. The molecule has 2 rings (SSSR count). The highest BCUT2D eigenvalue weighted by molar-refractivity contribution is 6.08. The van der Waals surface area contributed by atoms with Crippen molar-refractivity contribution in [3.05, 3.63) is 35.9 Å². The molecule has 4 nitrogen and oxygen atoms in total. The number of amides is 1. The molecule has 84 valence electrons. The van der Waals surface area contributed by atoms with E-state index >= 15 is 0 Å². The lowest BCUT2D eigenvalue weighted by Crippen LogP contribution is -2.65. The molecule has 2 N–H and O–H groups in total. The molecule has 0 bridgehead atoms. The summed E-state index contributed by atoms with van der Waals surface area (Å²) in [6, 6.07) is 8.17. The topological polar surface area (TPSA) is 66.4 Å². The Bertz CT molecular complexity index is 414. The molecule has 1 aliphatic rings. The number of aliphatic hydroxyl groups is 1. The molecular formula is C12H13NO3. The van der Waals surface area contributed by atoms with E-state index in [1.165, 1.54) is 6.92 Å². The van der Waals surface area contributed by atoms with Crippen molar-refractivity contribution in [2.24, 2.45) is 5.92 Å². The van der Waals surface area contributed by atoms with Gasteiger partial charge in [-0.2, -0.15) is 0 Å². The van der Waals surface area contributed by atoms with Crippen LogP contribution in [0.2, 0.25) is 0 Å². The monoisotopic (exact) mass is 219 g/mol. The summed E-state index contributed by atoms with van der Waals surface area (Å²) in [7, 11) is 0. The largest absolute Gasteiger partial charge is 0.392 e. The Morgan fingerprint density at radius 2 is 2.00 bits per heavy atom. The third-order valence-electron chi connectivity index (χ3n) is 2.82. The molecule has 4 heteroatoms. The van der Waals surface area contributed by atoms with E-state index in [0.717, 1.165) is 0 Å². The van der Waals surface area contributed by atoms with Gasteiger partial charge in [0.2, 0.25) is 5.91 Å². The first-order chi connectivity index (χ1) is 7.61. The van der Waals surface area contributed by atoms with Gasteiger partial charge in [0.25, 0.3) is 0 Å². The van der Waals surface area contributed by atoms with Crippen LogP contribution in [0.1, 0.15) is 17.3 Å². The molecule has 1 unspecified atom stereocenters. The van der Waals surface area contributed by atoms with E-state index in [1.54, 1.807) is 24.3 Å². The second-order valence-corrected chi connectivity index (χ2v) is 3.98. The first-order valence-electron chi connectivity index (χ1n) is 5.19. The minimum absolute atomic E-state index is 0.147. The average Bonchev–Trinajstić information content (AvgIpc) is 2.25. The fourth-order valence-electron chi connectivity index (χ4n) is 1.90. The lowest BCUT2D eigenvalue weighted by molar-refractivity contribution is -0.138. The first-order valence-corrected chi connectivity index (χ1v) is 5.19. The van der Waals surface area contributed by atoms with Gasteiger partial charge in [0.1, 0.15) is 6.04 Å². The highest BCUT2D eigenvalue weighted by atomic mass is 16.3. The van der Waals surface area contributed by atoms with E-state index in [2.05, 4.69) is 5.32 Å². The van der Waals surface area contributed by atoms with Crippen LogP contribution < -0.4 is 5.32 Å². The van der Waals surface area contributed by atoms with Gasteiger partial charge in [-0.3, -0.25) is 9.59 Å². The SMILES string of the molecule is CC(O)[C@@H]1C(=O)N[C@H]1C(=O)c1ccccc1. The van der Waals surface area contributed by atoms with Gasteiger partial charge in [0.15, 0.2) is 5.78 Å². The Balaban J connectivity index is 2.16. The third-order valence-corrected chi connectivity index (χ3v) is 2.82. The molecule has 1 fully saturated rings. The molecule has 0 radical (unpaired) electrons. The molecule has 1 aromatic carbocycles. The van der Waals surface area contributed by atoms with E-state index in [4.69, 9.17) is 0 Å². The van der Waals surface area contributed by atoms with Crippen LogP contribution in [0.3, 0.4) is 0 Å². The highest BCUT2D eigenvalue weighted by Crippen LogP contribution is 2.22. The second-order valence-electron chi connectivity index (χ2n) is 3.98. The summed E-state index contributed by atoms with van der Waals surface area (Å²) in [6.45, 7) is 1.52. The Kier molecular flexibility index (Phi) is 2.75. The van der Waals surface area contributed by atoms with Gasteiger partial charge in [-0.15, -0.1) is 0 Å². The van der Waals surface area contributed by atoms with E-state index in [1.807, 2.05) is 6.07 Å². The fraction of sp³-hybridized carbons (Fsp3) is 0.333. The Labute approximate surface area is 93.3 Å². The zero-order chi connectivity index (χ0) is 11.7. The van der Waals surface area contributed by atoms with E-state index in [9.17, 15) is 14.7 Å². The minimum Gasteiger partial charge on any atom is -0.392 e. The average molecular weight is 219 g/mol. The van der Waals surface area contributed by atoms with Crippen molar-refractivity contribution in [2.75, 3.05) is 0 Å². The number of β-lactam (4-membered cyclic amide) rings is 1. The van der Waals surface area contributed by atoms with Gasteiger partial charge in [-0.1, -0.05) is 30.3 Å². The van der Waals surface area contributed by atoms with Crippen molar-refractivity contribution >= 4 is 11.7 Å². The number of rotatable bonds is 3. The number of hydrogen-bond donors (Lipinski definition) is 2. The number of hydrogen-bond acceptors (Lipinski definition) is 3. The molecule has 0 aromatic heterocycles. The van der Waals surface area contributed by atoms with Crippen LogP contribution in [-0.2, 0) is 4.79 Å². The smallest absolute Gasteiger partial charge is 0.228 e. The number of carbonyl (C=O) groups excluding carboxylic acids is 2. The molecule has 1 saturated heterocycles. The maximum absolute atomic E-state index is 12.0. The van der Waals surface area contributed by atoms with Crippen molar-refractivity contribution < 1.29 is 14.7 Å². The molecule has 16 heavy (non-hydrogen) atoms. The van der Waals surface area contributed by atoms with E-state index < -0.39 is 18.1 Å². The van der Waals surface area contributed by atoms with Crippen LogP contribution >= 0.6 is 0 Å². The molecule has 0 saturated carbocycles. The number of benzene rings is 1. The van der Waals surface area contributed by atoms with Gasteiger partial charge >= 0.3 is 0 Å². The van der Waals surface area contributed by atoms with Crippen LogP contribution in [-0.4, -0.2) is 28.9 Å². The van der Waals surface area contributed by atoms with Crippen LogP contribution in [0.25, 0.3) is 0 Å². The Morgan fingerprint density at radius 3 is 2.50 bits per heavy atom. The summed E-state index contributed by atoms with van der Waals surface area (Å²) in [5.74, 6) is -1.02. The Morgan fingerprint density at radius 1 is 1.38 bits per heavy atom. The molecule has 3 atom stereocenters. The molecule has 1 aromatic rings. The molecule has 1 heterocycles. The lowest BCUT2D eigenvalue weighted by atomic mass is 9.81. The predicted octanol–water partition coefficient (Wildman–Crippen LogP) is 0.365. The van der Waals surface area contributed by atoms with Crippen molar-refractivity contribution in [2.45, 2.75) is 19.1 Å². The third kappa shape index (κ3) is 1.72. The van der Waals surface area contributed by atoms with Crippen LogP contribution in [0.5, 0.6) is 0 Å². The highest BCUT2D eigenvalue weighted by Gasteiger charge is 2.46. The minimum atomic E-state index is -0.800. The van der Waals surface area contributed by atoms with Crippen LogP contribution in [0.4, 0.5) is 0 Å². The molecule has 0 aliphatic carbocycles. The standard InChI is InChI=1S/C12H13NO3/c1-7(14)9-10(13-12(9)16)11(15)8-5-3-2-4-6-8/h2-7,9-10,14H,1H3,(H,13,16)/t7?,9-,10+/m0/s1. The first kappa shape index (κ1) is 10.8. The van der Waals surface area contributed by atoms with E-state index in [0.29, 0.717) is 5.56 Å². The predicted molar refractivity (Wildman–Crippen MR) is 57.9 cm³/mol. The second kappa shape index (κ2) is 4.06. The summed E-state index contributed by atoms with van der Waals surface area (Å²) >= 11 is 0. The van der Waals surface area contributed by atoms with Crippen molar-refractivity contribution in [3.8, 4) is 0 Å². The van der Waals surface area contributed by atoms with Gasteiger partial charge in [0.05, 0.1) is 12.0 Å². The molecular weight excluding hydrogens is 206 g/mol. The van der Waals surface area contributed by atoms with Gasteiger partial charge in [0, 0.05) is 5.56 Å². The van der Waals surface area contributed by atoms with Gasteiger partial charge in [-0.05, 0) is 6.92 Å². The summed E-state index contributed by atoms with van der Waals surface area (Å²) in [5.41, 5.74) is 0.554. The number of nitrogens with one attached hydrogen (secondary N) is 1. The fourth-order valence-corrected chi connectivity index (χ4v) is 1.90. The number of carbonyl (C=O) groups is 2. The summed E-state index contributed by atoms with van der Waals surface area (Å²) < 4.78 is 0. The van der Waals surface area contributed by atoms with E-state index in [-0.39, 0.29) is 11.7 Å². The normalized spacial score (nSPS) is 25.5. The summed E-state index contributed by atoms with van der Waals surface area (Å²) in [5, 5.41) is 11.9. The van der Waals surface area contributed by atoms with Crippen LogP contribution in [0.15, 0.2) is 30.3 Å². The quantitative estimate of drug-likeness (QED) is 0.570. The number of Topliss-reactive ketones (excluding diaryl/α,β-unsaturated/α-hetero) is 1. The van der Waals surface area contributed by atoms with Crippen LogP contribution in [0, 0.1) is 5.92 Å². The lowest BCUT2D eigenvalue weighted by Gasteiger charge is -2.37. The summed E-state index contributed by atoms with van der Waals surface area (Å²) in [6.07, 6.45) is -0.800. The van der Waals surface area contributed by atoms with Gasteiger partial charge < -0.3 is 10.4 Å². The Hall–Kier alpha value is -1.68. The molecule has 1 amide bonds. The number of aliphatic hydroxyl groups excluding tert-OH is 1. The van der Waals surface area contributed by atoms with Crippen molar-refractivity contribution in [1.82, 2.24) is 5.32 Å². The summed E-state index contributed by atoms with van der Waals surface area (Å²) in [4.78, 5) is 23.2. The maximum atomic E-state index is 12.0. The van der Waals surface area contributed by atoms with Crippen molar-refractivity contribution in [3.63, 3.8) is 0 Å². The maximum Gasteiger partial charge on any atom is 0.228 e. The number of ketones is 1. The van der Waals surface area contributed by atoms with Gasteiger partial charge in [-0.25, -0.2) is 0 Å². The molecule has 1 aliphatic heterocycles. The van der Waals surface area contributed by atoms with Crippen molar-refractivity contribution in [1.29, 1.82) is 0 Å². The molecule has 0 spiro atoms.